The first-order valence-corrected chi connectivity index (χ1v) is 8.01. The Morgan fingerprint density at radius 2 is 1.57 bits per heavy atom. The fraction of sp³-hybridized carbons (Fsp3) is 0.917. The molecule has 0 unspecified atom stereocenters. The molecule has 9 heteroatoms. The number of carbonyl (C=O) groups excluding carboxylic acids is 1. The van der Waals surface area contributed by atoms with Crippen LogP contribution in [0, 0.1) is 10.8 Å². The molecule has 3 fully saturated rings. The Morgan fingerprint density at radius 1 is 1.10 bits per heavy atom. The molecular weight excluding hydrogens is 313 g/mol. The van der Waals surface area contributed by atoms with E-state index in [4.69, 9.17) is 4.74 Å². The van der Waals surface area contributed by atoms with Crippen LogP contribution < -0.4 is 0 Å². The lowest BCUT2D eigenvalue weighted by Gasteiger charge is -2.51. The lowest BCUT2D eigenvalue weighted by atomic mass is 9.54. The minimum Gasteiger partial charge on any atom is -0.469 e. The fourth-order valence-corrected chi connectivity index (χ4v) is 3.81. The molecule has 5 nitrogen and oxygen atoms in total. The second-order valence-corrected chi connectivity index (χ2v) is 7.54. The van der Waals surface area contributed by atoms with Crippen LogP contribution in [0.15, 0.2) is 0 Å². The summed E-state index contributed by atoms with van der Waals surface area (Å²) in [4.78, 5) is 11.8. The fourth-order valence-electron chi connectivity index (χ4n) is 3.27. The maximum absolute atomic E-state index is 12.3. The molecule has 0 spiro atoms. The maximum Gasteiger partial charge on any atom is 0.523 e. The molecule has 0 amide bonds. The molecule has 0 aromatic rings. The van der Waals surface area contributed by atoms with Crippen LogP contribution in [0.2, 0.25) is 0 Å². The van der Waals surface area contributed by atoms with E-state index in [2.05, 4.69) is 4.18 Å². The molecule has 2 bridgehead atoms. The first-order valence-electron chi connectivity index (χ1n) is 6.60. The van der Waals surface area contributed by atoms with Crippen LogP contribution in [0.1, 0.15) is 38.5 Å². The first kappa shape index (κ1) is 16.5. The summed E-state index contributed by atoms with van der Waals surface area (Å²) in [7, 11) is -4.24. The summed E-state index contributed by atoms with van der Waals surface area (Å²) in [6.45, 7) is -0.480. The lowest BCUT2D eigenvalue weighted by Crippen LogP contribution is -2.48. The van der Waals surface area contributed by atoms with Crippen LogP contribution in [0.25, 0.3) is 0 Å². The maximum atomic E-state index is 12.3. The van der Waals surface area contributed by atoms with Gasteiger partial charge >= 0.3 is 21.6 Å². The number of hydrogen-bond donors (Lipinski definition) is 0. The Balaban J connectivity index is 2.01. The molecule has 0 saturated heterocycles. The largest absolute Gasteiger partial charge is 0.523 e. The molecule has 3 aliphatic rings. The quantitative estimate of drug-likeness (QED) is 0.450. The summed E-state index contributed by atoms with van der Waals surface area (Å²) >= 11 is 0. The number of methoxy groups -OCH3 is 1. The van der Waals surface area contributed by atoms with Crippen LogP contribution in [0.3, 0.4) is 0 Å². The van der Waals surface area contributed by atoms with Gasteiger partial charge in [0.1, 0.15) is 0 Å². The van der Waals surface area contributed by atoms with Crippen molar-refractivity contribution >= 4 is 16.1 Å². The molecule has 0 N–H and O–H groups in total. The highest BCUT2D eigenvalue weighted by Gasteiger charge is 2.55. The number of rotatable bonds is 4. The Kier molecular flexibility index (Phi) is 4.03. The highest BCUT2D eigenvalue weighted by Crippen LogP contribution is 2.57. The average Bonchev–Trinajstić information content (AvgIpc) is 2.45. The second-order valence-electron chi connectivity index (χ2n) is 5.93. The van der Waals surface area contributed by atoms with Gasteiger partial charge in [-0.2, -0.15) is 21.6 Å². The smallest absolute Gasteiger partial charge is 0.469 e. The average molecular weight is 330 g/mol. The molecule has 0 radical (unpaired) electrons. The minimum atomic E-state index is -5.56. The standard InChI is InChI=1S/C12H17F3O5S/c1-19-9(16)11-5-2-10(3-6-11,4-7-11)8-20-21(17,18)12(13,14)15/h2-8H2,1H3. The molecule has 0 aliphatic heterocycles. The van der Waals surface area contributed by atoms with Crippen molar-refractivity contribution in [3.63, 3.8) is 0 Å². The van der Waals surface area contributed by atoms with Gasteiger partial charge < -0.3 is 4.74 Å². The van der Waals surface area contributed by atoms with Gasteiger partial charge in [-0.3, -0.25) is 8.98 Å². The van der Waals surface area contributed by atoms with Crippen LogP contribution in [-0.4, -0.2) is 33.6 Å². The van der Waals surface area contributed by atoms with Gasteiger partial charge in [0, 0.05) is 0 Å². The molecule has 3 aliphatic carbocycles. The third kappa shape index (κ3) is 2.90. The number of carbonyl (C=O) groups is 1. The number of ether oxygens (including phenoxy) is 1. The third-order valence-electron chi connectivity index (χ3n) is 4.82. The predicted molar refractivity (Wildman–Crippen MR) is 65.5 cm³/mol. The van der Waals surface area contributed by atoms with Gasteiger partial charge in [0.15, 0.2) is 0 Å². The van der Waals surface area contributed by atoms with E-state index < -0.39 is 33.1 Å². The zero-order valence-corrected chi connectivity index (χ0v) is 12.3. The van der Waals surface area contributed by atoms with Gasteiger partial charge in [0.05, 0.1) is 19.1 Å². The summed E-state index contributed by atoms with van der Waals surface area (Å²) in [6, 6.07) is 0. The predicted octanol–water partition coefficient (Wildman–Crippen LogP) is 2.37. The zero-order valence-electron chi connectivity index (χ0n) is 11.5. The van der Waals surface area contributed by atoms with E-state index in [0.717, 1.165) is 0 Å². The van der Waals surface area contributed by atoms with Gasteiger partial charge in [0.25, 0.3) is 0 Å². The van der Waals surface area contributed by atoms with E-state index in [1.807, 2.05) is 0 Å². The highest BCUT2D eigenvalue weighted by molar-refractivity contribution is 7.87. The topological polar surface area (TPSA) is 69.7 Å². The zero-order chi connectivity index (χ0) is 15.9. The molecule has 0 aromatic heterocycles. The van der Waals surface area contributed by atoms with Crippen molar-refractivity contribution in [3.8, 4) is 0 Å². The summed E-state index contributed by atoms with van der Waals surface area (Å²) in [5, 5.41) is 0. The number of alkyl halides is 3. The van der Waals surface area contributed by atoms with Crippen LogP contribution in [-0.2, 0) is 23.8 Å². The number of fused-ring (bicyclic) bond motifs is 3. The van der Waals surface area contributed by atoms with Crippen molar-refractivity contribution in [2.24, 2.45) is 10.8 Å². The van der Waals surface area contributed by atoms with Crippen LogP contribution in [0.4, 0.5) is 13.2 Å². The van der Waals surface area contributed by atoms with Gasteiger partial charge in [0.2, 0.25) is 0 Å². The van der Waals surface area contributed by atoms with Gasteiger partial charge in [-0.1, -0.05) is 0 Å². The van der Waals surface area contributed by atoms with Gasteiger partial charge in [-0.25, -0.2) is 0 Å². The van der Waals surface area contributed by atoms with Gasteiger partial charge in [-0.15, -0.1) is 0 Å². The van der Waals surface area contributed by atoms with Crippen molar-refractivity contribution < 1.29 is 35.3 Å². The van der Waals surface area contributed by atoms with Crippen molar-refractivity contribution in [3.05, 3.63) is 0 Å². The summed E-state index contributed by atoms with van der Waals surface area (Å²) in [6.07, 6.45) is 2.89. The molecule has 21 heavy (non-hydrogen) atoms. The van der Waals surface area contributed by atoms with Crippen molar-refractivity contribution in [1.82, 2.24) is 0 Å². The highest BCUT2D eigenvalue weighted by atomic mass is 32.2. The summed E-state index contributed by atoms with van der Waals surface area (Å²) < 4.78 is 67.7. The Morgan fingerprint density at radius 3 is 1.95 bits per heavy atom. The molecular formula is C12H17F3O5S. The monoisotopic (exact) mass is 330 g/mol. The first-order chi connectivity index (χ1) is 9.56. The molecule has 3 rings (SSSR count). The number of halogens is 3. The molecule has 0 heterocycles. The SMILES string of the molecule is COC(=O)C12CCC(COS(=O)(=O)C(F)(F)F)(CC1)CC2. The van der Waals surface area contributed by atoms with E-state index in [1.54, 1.807) is 0 Å². The summed E-state index contributed by atoms with van der Waals surface area (Å²) in [5.74, 6) is -0.292. The summed E-state index contributed by atoms with van der Waals surface area (Å²) in [5.41, 5.74) is -6.55. The Labute approximate surface area is 120 Å². The van der Waals surface area contributed by atoms with Crippen LogP contribution >= 0.6 is 0 Å². The molecule has 0 atom stereocenters. The number of esters is 1. The van der Waals surface area contributed by atoms with Crippen molar-refractivity contribution in [2.75, 3.05) is 13.7 Å². The Hall–Kier alpha value is -0.830. The minimum absolute atomic E-state index is 0.292. The number of hydrogen-bond acceptors (Lipinski definition) is 5. The third-order valence-corrected chi connectivity index (χ3v) is 5.82. The van der Waals surface area contributed by atoms with E-state index in [-0.39, 0.29) is 5.97 Å². The van der Waals surface area contributed by atoms with E-state index in [0.29, 0.717) is 38.5 Å². The molecule has 3 saturated carbocycles. The molecule has 0 aromatic carbocycles. The van der Waals surface area contributed by atoms with E-state index >= 15 is 0 Å². The van der Waals surface area contributed by atoms with E-state index in [9.17, 15) is 26.4 Å². The lowest BCUT2D eigenvalue weighted by molar-refractivity contribution is -0.164. The van der Waals surface area contributed by atoms with Crippen molar-refractivity contribution in [1.29, 1.82) is 0 Å². The van der Waals surface area contributed by atoms with Crippen molar-refractivity contribution in [2.45, 2.75) is 44.0 Å². The molecule has 122 valence electrons. The second kappa shape index (κ2) is 5.12. The normalized spacial score (nSPS) is 33.0. The Bertz CT molecular complexity index is 501. The van der Waals surface area contributed by atoms with E-state index in [1.165, 1.54) is 7.11 Å². The van der Waals surface area contributed by atoms with Gasteiger partial charge in [-0.05, 0) is 43.9 Å². The van der Waals surface area contributed by atoms with Crippen LogP contribution in [0.5, 0.6) is 0 Å².